The summed E-state index contributed by atoms with van der Waals surface area (Å²) in [6.45, 7) is 8.72. The zero-order valence-electron chi connectivity index (χ0n) is 15.5. The van der Waals surface area contributed by atoms with Crippen molar-refractivity contribution in [1.29, 1.82) is 0 Å². The second-order valence-corrected chi connectivity index (χ2v) is 6.23. The molecule has 0 saturated heterocycles. The van der Waals surface area contributed by atoms with E-state index in [4.69, 9.17) is 13.6 Å². The van der Waals surface area contributed by atoms with Crippen molar-refractivity contribution in [3.05, 3.63) is 59.3 Å². The Morgan fingerprint density at radius 3 is 2.81 bits per heavy atom. The zero-order valence-corrected chi connectivity index (χ0v) is 15.5. The molecule has 1 aromatic carbocycles. The smallest absolute Gasteiger partial charge is 0.244 e. The van der Waals surface area contributed by atoms with Crippen LogP contribution in [0.5, 0.6) is 5.75 Å². The molecule has 3 aromatic rings. The first-order valence-corrected chi connectivity index (χ1v) is 8.64. The third-order valence-electron chi connectivity index (χ3n) is 4.32. The van der Waals surface area contributed by atoms with Gasteiger partial charge in [0.2, 0.25) is 5.91 Å². The number of nitrogens with one attached hydrogen (secondary N) is 1. The number of benzene rings is 1. The molecule has 0 spiro atoms. The number of hydrogen-bond donors (Lipinski definition) is 1. The van der Waals surface area contributed by atoms with E-state index in [2.05, 4.69) is 5.32 Å². The fourth-order valence-electron chi connectivity index (χ4n) is 2.97. The Bertz CT molecular complexity index is 948. The Balaban J connectivity index is 1.92. The molecule has 1 N–H and O–H groups in total. The lowest BCUT2D eigenvalue weighted by atomic mass is 9.98. The van der Waals surface area contributed by atoms with Gasteiger partial charge in [-0.05, 0) is 57.0 Å². The maximum absolute atomic E-state index is 12.3. The number of ether oxygens (including phenoxy) is 1. The minimum Gasteiger partial charge on any atom is -0.493 e. The molecule has 0 aliphatic carbocycles. The minimum absolute atomic E-state index is 0.178. The quantitative estimate of drug-likeness (QED) is 0.649. The predicted molar refractivity (Wildman–Crippen MR) is 101 cm³/mol. The van der Waals surface area contributed by atoms with Gasteiger partial charge in [-0.15, -0.1) is 0 Å². The van der Waals surface area contributed by atoms with Crippen molar-refractivity contribution in [2.24, 2.45) is 0 Å². The summed E-state index contributed by atoms with van der Waals surface area (Å²) in [6, 6.07) is 5.64. The predicted octanol–water partition coefficient (Wildman–Crippen LogP) is 4.76. The van der Waals surface area contributed by atoms with Crippen molar-refractivity contribution >= 4 is 22.4 Å². The number of carbonyl (C=O) groups excluding carboxylic acids is 1. The number of carbonyl (C=O) groups is 1. The highest BCUT2D eigenvalue weighted by Crippen LogP contribution is 2.37. The lowest BCUT2D eigenvalue weighted by Crippen LogP contribution is -2.20. The molecule has 2 aromatic heterocycles. The van der Waals surface area contributed by atoms with Crippen molar-refractivity contribution in [2.75, 3.05) is 6.61 Å². The number of hydrogen-bond acceptors (Lipinski definition) is 4. The van der Waals surface area contributed by atoms with Gasteiger partial charge in [-0.1, -0.05) is 0 Å². The largest absolute Gasteiger partial charge is 0.493 e. The first kappa shape index (κ1) is 17.9. The molecule has 0 radical (unpaired) electrons. The van der Waals surface area contributed by atoms with Crippen LogP contribution in [-0.2, 0) is 11.3 Å². The highest BCUT2D eigenvalue weighted by Gasteiger charge is 2.17. The first-order chi connectivity index (χ1) is 12.5. The minimum atomic E-state index is -0.178. The van der Waals surface area contributed by atoms with Gasteiger partial charge in [0.05, 0.1) is 25.7 Å². The van der Waals surface area contributed by atoms with Crippen LogP contribution < -0.4 is 10.1 Å². The number of rotatable bonds is 6. The van der Waals surface area contributed by atoms with Crippen LogP contribution in [0, 0.1) is 13.8 Å². The van der Waals surface area contributed by atoms with Crippen molar-refractivity contribution in [3.8, 4) is 5.75 Å². The van der Waals surface area contributed by atoms with E-state index in [0.717, 1.165) is 39.0 Å². The van der Waals surface area contributed by atoms with Gasteiger partial charge in [-0.25, -0.2) is 0 Å². The molecule has 0 fully saturated rings. The van der Waals surface area contributed by atoms with Crippen LogP contribution in [0.15, 0.2) is 45.6 Å². The third-order valence-corrected chi connectivity index (χ3v) is 4.32. The van der Waals surface area contributed by atoms with Gasteiger partial charge >= 0.3 is 0 Å². The Morgan fingerprint density at radius 1 is 1.31 bits per heavy atom. The fourth-order valence-corrected chi connectivity index (χ4v) is 2.97. The first-order valence-electron chi connectivity index (χ1n) is 8.64. The summed E-state index contributed by atoms with van der Waals surface area (Å²) in [5, 5.41) is 3.86. The lowest BCUT2D eigenvalue weighted by Gasteiger charge is -2.14. The molecule has 3 rings (SSSR count). The van der Waals surface area contributed by atoms with E-state index < -0.39 is 0 Å². The van der Waals surface area contributed by atoms with Crippen LogP contribution in [0.4, 0.5) is 0 Å². The van der Waals surface area contributed by atoms with Crippen LogP contribution in [0.3, 0.4) is 0 Å². The van der Waals surface area contributed by atoms with Crippen LogP contribution in [-0.4, -0.2) is 12.5 Å². The summed E-state index contributed by atoms with van der Waals surface area (Å²) < 4.78 is 16.8. The molecule has 26 heavy (non-hydrogen) atoms. The molecule has 136 valence electrons. The molecule has 1 amide bonds. The van der Waals surface area contributed by atoms with Crippen molar-refractivity contribution in [2.45, 2.75) is 34.2 Å². The fraction of sp³-hybridized carbons (Fsp3) is 0.286. The monoisotopic (exact) mass is 353 g/mol. The van der Waals surface area contributed by atoms with E-state index in [1.807, 2.05) is 39.8 Å². The van der Waals surface area contributed by atoms with Crippen LogP contribution in [0.1, 0.15) is 36.3 Å². The molecule has 0 aliphatic heterocycles. The lowest BCUT2D eigenvalue weighted by molar-refractivity contribution is -0.116. The Morgan fingerprint density at radius 2 is 2.12 bits per heavy atom. The van der Waals surface area contributed by atoms with Gasteiger partial charge in [-0.3, -0.25) is 4.79 Å². The molecular weight excluding hydrogens is 330 g/mol. The standard InChI is InChI=1S/C21H23NO4/c1-5-24-20-15(4)21-18(14(3)12-26-21)10-17(20)13(2)9-19(23)22-11-16-7-6-8-25-16/h6-10,12H,5,11H2,1-4H3,(H,22,23)/b13-9+. The van der Waals surface area contributed by atoms with Gasteiger partial charge in [0.25, 0.3) is 0 Å². The molecule has 5 nitrogen and oxygen atoms in total. The molecular formula is C21H23NO4. The average Bonchev–Trinajstić information content (AvgIpc) is 3.25. The second kappa shape index (κ2) is 7.52. The number of aryl methyl sites for hydroxylation is 2. The van der Waals surface area contributed by atoms with E-state index in [1.54, 1.807) is 24.7 Å². The Hall–Kier alpha value is -2.95. The van der Waals surface area contributed by atoms with Crippen LogP contribution in [0.2, 0.25) is 0 Å². The summed E-state index contributed by atoms with van der Waals surface area (Å²) in [4.78, 5) is 12.3. The van der Waals surface area contributed by atoms with Crippen molar-refractivity contribution in [1.82, 2.24) is 5.32 Å². The molecule has 0 atom stereocenters. The van der Waals surface area contributed by atoms with Gasteiger partial charge in [-0.2, -0.15) is 0 Å². The van der Waals surface area contributed by atoms with Crippen LogP contribution >= 0.6 is 0 Å². The van der Waals surface area contributed by atoms with Gasteiger partial charge in [0.15, 0.2) is 0 Å². The highest BCUT2D eigenvalue weighted by atomic mass is 16.5. The van der Waals surface area contributed by atoms with Gasteiger partial charge < -0.3 is 18.9 Å². The molecule has 0 saturated carbocycles. The van der Waals surface area contributed by atoms with E-state index in [0.29, 0.717) is 18.9 Å². The molecule has 5 heteroatoms. The van der Waals surface area contributed by atoms with E-state index >= 15 is 0 Å². The number of allylic oxidation sites excluding steroid dienone is 1. The number of furan rings is 2. The molecule has 0 bridgehead atoms. The summed E-state index contributed by atoms with van der Waals surface area (Å²) in [5.74, 6) is 1.29. The van der Waals surface area contributed by atoms with E-state index in [-0.39, 0.29) is 5.91 Å². The third kappa shape index (κ3) is 3.52. The Labute approximate surface area is 152 Å². The zero-order chi connectivity index (χ0) is 18.7. The molecule has 0 unspecified atom stereocenters. The SMILES string of the molecule is CCOc1c(/C(C)=C/C(=O)NCc2ccco2)cc2c(C)coc2c1C. The van der Waals surface area contributed by atoms with E-state index in [1.165, 1.54) is 0 Å². The normalized spacial score (nSPS) is 11.8. The maximum atomic E-state index is 12.3. The van der Waals surface area contributed by atoms with Crippen molar-refractivity contribution in [3.63, 3.8) is 0 Å². The van der Waals surface area contributed by atoms with Gasteiger partial charge in [0, 0.05) is 22.6 Å². The van der Waals surface area contributed by atoms with E-state index in [9.17, 15) is 4.79 Å². The molecule has 2 heterocycles. The summed E-state index contributed by atoms with van der Waals surface area (Å²) >= 11 is 0. The highest BCUT2D eigenvalue weighted by molar-refractivity contribution is 5.98. The average molecular weight is 353 g/mol. The number of fused-ring (bicyclic) bond motifs is 1. The van der Waals surface area contributed by atoms with Gasteiger partial charge in [0.1, 0.15) is 17.1 Å². The Kier molecular flexibility index (Phi) is 5.16. The summed E-state index contributed by atoms with van der Waals surface area (Å²) in [5.41, 5.74) is 4.55. The summed E-state index contributed by atoms with van der Waals surface area (Å²) in [7, 11) is 0. The van der Waals surface area contributed by atoms with Crippen molar-refractivity contribution < 1.29 is 18.4 Å². The maximum Gasteiger partial charge on any atom is 0.244 e. The van der Waals surface area contributed by atoms with Crippen LogP contribution in [0.25, 0.3) is 16.5 Å². The second-order valence-electron chi connectivity index (χ2n) is 6.23. The number of amides is 1. The topological polar surface area (TPSA) is 64.6 Å². The summed E-state index contributed by atoms with van der Waals surface area (Å²) in [6.07, 6.45) is 4.91. The molecule has 0 aliphatic rings.